The van der Waals surface area contributed by atoms with Crippen molar-refractivity contribution in [1.82, 2.24) is 9.80 Å². The van der Waals surface area contributed by atoms with E-state index in [1.165, 1.54) is 12.1 Å². The Morgan fingerprint density at radius 2 is 1.89 bits per heavy atom. The summed E-state index contributed by atoms with van der Waals surface area (Å²) < 4.78 is 12.8. The number of hydrogen-bond donors (Lipinski definition) is 0. The van der Waals surface area contributed by atoms with Crippen LogP contribution in [-0.2, 0) is 11.3 Å². The van der Waals surface area contributed by atoms with Crippen molar-refractivity contribution in [3.63, 3.8) is 0 Å². The molecule has 0 saturated carbocycles. The monoisotopic (exact) mass is 264 g/mol. The molecule has 1 saturated heterocycles. The minimum absolute atomic E-state index is 0.166. The standard InChI is InChI=1S/C15H21FN2O/c1-12(19)18-9-7-15(8-10-18)17(2)11-13-3-5-14(16)6-4-13/h3-6,15H,7-11H2,1-2H3. The number of piperidine rings is 1. The quantitative estimate of drug-likeness (QED) is 0.836. The summed E-state index contributed by atoms with van der Waals surface area (Å²) in [4.78, 5) is 15.5. The highest BCUT2D eigenvalue weighted by atomic mass is 19.1. The van der Waals surface area contributed by atoms with Gasteiger partial charge in [-0.15, -0.1) is 0 Å². The molecule has 3 nitrogen and oxygen atoms in total. The molecule has 1 heterocycles. The second kappa shape index (κ2) is 6.15. The Balaban J connectivity index is 1.86. The summed E-state index contributed by atoms with van der Waals surface area (Å²) in [6.45, 7) is 4.13. The average molecular weight is 264 g/mol. The number of benzene rings is 1. The lowest BCUT2D eigenvalue weighted by Gasteiger charge is -2.36. The first-order valence-corrected chi connectivity index (χ1v) is 6.76. The Kier molecular flexibility index (Phi) is 4.53. The number of halogens is 1. The third-order valence-corrected chi connectivity index (χ3v) is 3.88. The largest absolute Gasteiger partial charge is 0.343 e. The first-order valence-electron chi connectivity index (χ1n) is 6.76. The lowest BCUT2D eigenvalue weighted by atomic mass is 10.0. The van der Waals surface area contributed by atoms with Crippen molar-refractivity contribution < 1.29 is 9.18 Å². The zero-order chi connectivity index (χ0) is 13.8. The molecule has 0 unspecified atom stereocenters. The average Bonchev–Trinajstić information content (AvgIpc) is 2.41. The van der Waals surface area contributed by atoms with Crippen LogP contribution in [0.15, 0.2) is 24.3 Å². The number of carbonyl (C=O) groups excluding carboxylic acids is 1. The van der Waals surface area contributed by atoms with Crippen LogP contribution >= 0.6 is 0 Å². The third-order valence-electron chi connectivity index (χ3n) is 3.88. The van der Waals surface area contributed by atoms with E-state index in [0.717, 1.165) is 38.0 Å². The smallest absolute Gasteiger partial charge is 0.219 e. The molecule has 0 radical (unpaired) electrons. The van der Waals surface area contributed by atoms with Crippen LogP contribution in [0.3, 0.4) is 0 Å². The van der Waals surface area contributed by atoms with E-state index in [9.17, 15) is 9.18 Å². The van der Waals surface area contributed by atoms with Crippen LogP contribution in [0.4, 0.5) is 4.39 Å². The van der Waals surface area contributed by atoms with Crippen LogP contribution in [0.5, 0.6) is 0 Å². The van der Waals surface area contributed by atoms with Crippen molar-refractivity contribution in [2.45, 2.75) is 32.4 Å². The van der Waals surface area contributed by atoms with Gasteiger partial charge in [0.05, 0.1) is 0 Å². The van der Waals surface area contributed by atoms with Crippen LogP contribution in [0.1, 0.15) is 25.3 Å². The zero-order valence-corrected chi connectivity index (χ0v) is 11.6. The number of likely N-dealkylation sites (tertiary alicyclic amines) is 1. The molecule has 0 aromatic heterocycles. The molecule has 2 rings (SSSR count). The molecule has 0 N–H and O–H groups in total. The Labute approximate surface area is 114 Å². The van der Waals surface area contributed by atoms with Crippen molar-refractivity contribution in [1.29, 1.82) is 0 Å². The second-order valence-corrected chi connectivity index (χ2v) is 5.28. The molecular formula is C15H21FN2O. The van der Waals surface area contributed by atoms with E-state index >= 15 is 0 Å². The summed E-state index contributed by atoms with van der Waals surface area (Å²) in [5.74, 6) is -0.0270. The maximum atomic E-state index is 12.8. The van der Waals surface area contributed by atoms with Gasteiger partial charge in [-0.2, -0.15) is 0 Å². The summed E-state index contributed by atoms with van der Waals surface area (Å²) in [5, 5.41) is 0. The molecule has 0 atom stereocenters. The van der Waals surface area contributed by atoms with Gasteiger partial charge in [0.15, 0.2) is 0 Å². The molecule has 1 fully saturated rings. The maximum Gasteiger partial charge on any atom is 0.219 e. The number of hydrogen-bond acceptors (Lipinski definition) is 2. The first-order chi connectivity index (χ1) is 9.06. The highest BCUT2D eigenvalue weighted by Crippen LogP contribution is 2.17. The molecule has 0 spiro atoms. The van der Waals surface area contributed by atoms with Crippen LogP contribution < -0.4 is 0 Å². The minimum Gasteiger partial charge on any atom is -0.343 e. The zero-order valence-electron chi connectivity index (χ0n) is 11.6. The van der Waals surface area contributed by atoms with Gasteiger partial charge in [0, 0.05) is 32.6 Å². The third kappa shape index (κ3) is 3.77. The molecule has 0 aliphatic carbocycles. The minimum atomic E-state index is -0.193. The Bertz CT molecular complexity index is 424. The van der Waals surface area contributed by atoms with E-state index in [1.807, 2.05) is 17.0 Å². The summed E-state index contributed by atoms with van der Waals surface area (Å²) in [6, 6.07) is 7.16. The van der Waals surface area contributed by atoms with Crippen molar-refractivity contribution in [2.24, 2.45) is 0 Å². The molecule has 104 valence electrons. The lowest BCUT2D eigenvalue weighted by molar-refractivity contribution is -0.130. The summed E-state index contributed by atoms with van der Waals surface area (Å²) >= 11 is 0. The summed E-state index contributed by atoms with van der Waals surface area (Å²) in [7, 11) is 2.09. The van der Waals surface area contributed by atoms with Crippen molar-refractivity contribution in [2.75, 3.05) is 20.1 Å². The van der Waals surface area contributed by atoms with E-state index in [-0.39, 0.29) is 11.7 Å². The van der Waals surface area contributed by atoms with Gasteiger partial charge in [0.1, 0.15) is 5.82 Å². The molecule has 1 aliphatic heterocycles. The fourth-order valence-electron chi connectivity index (χ4n) is 2.63. The Hall–Kier alpha value is -1.42. The number of nitrogens with zero attached hydrogens (tertiary/aromatic N) is 2. The topological polar surface area (TPSA) is 23.6 Å². The van der Waals surface area contributed by atoms with Gasteiger partial charge in [-0.05, 0) is 37.6 Å². The molecule has 1 aromatic carbocycles. The van der Waals surface area contributed by atoms with Crippen LogP contribution in [0.25, 0.3) is 0 Å². The van der Waals surface area contributed by atoms with E-state index < -0.39 is 0 Å². The molecule has 4 heteroatoms. The van der Waals surface area contributed by atoms with Gasteiger partial charge in [0.2, 0.25) is 5.91 Å². The fourth-order valence-corrected chi connectivity index (χ4v) is 2.63. The molecule has 1 aliphatic rings. The predicted octanol–water partition coefficient (Wildman–Crippen LogP) is 2.27. The first kappa shape index (κ1) is 14.0. The fraction of sp³-hybridized carbons (Fsp3) is 0.533. The normalized spacial score (nSPS) is 16.9. The van der Waals surface area contributed by atoms with Crippen molar-refractivity contribution >= 4 is 5.91 Å². The van der Waals surface area contributed by atoms with Crippen molar-refractivity contribution in [3.8, 4) is 0 Å². The number of amides is 1. The highest BCUT2D eigenvalue weighted by Gasteiger charge is 2.23. The number of carbonyl (C=O) groups is 1. The van der Waals surface area contributed by atoms with Crippen LogP contribution in [0.2, 0.25) is 0 Å². The van der Waals surface area contributed by atoms with Gasteiger partial charge in [-0.1, -0.05) is 12.1 Å². The second-order valence-electron chi connectivity index (χ2n) is 5.28. The van der Waals surface area contributed by atoms with Crippen LogP contribution in [-0.4, -0.2) is 41.9 Å². The van der Waals surface area contributed by atoms with E-state index in [0.29, 0.717) is 6.04 Å². The summed E-state index contributed by atoms with van der Waals surface area (Å²) in [5.41, 5.74) is 1.12. The van der Waals surface area contributed by atoms with Crippen LogP contribution in [0, 0.1) is 5.82 Å². The Morgan fingerprint density at radius 3 is 2.42 bits per heavy atom. The number of rotatable bonds is 3. The predicted molar refractivity (Wildman–Crippen MR) is 73.1 cm³/mol. The van der Waals surface area contributed by atoms with E-state index in [4.69, 9.17) is 0 Å². The lowest BCUT2D eigenvalue weighted by Crippen LogP contribution is -2.44. The summed E-state index contributed by atoms with van der Waals surface area (Å²) in [6.07, 6.45) is 2.02. The Morgan fingerprint density at radius 1 is 1.32 bits per heavy atom. The van der Waals surface area contributed by atoms with Gasteiger partial charge >= 0.3 is 0 Å². The van der Waals surface area contributed by atoms with Gasteiger partial charge in [-0.3, -0.25) is 9.69 Å². The molecular weight excluding hydrogens is 243 g/mol. The molecule has 1 amide bonds. The van der Waals surface area contributed by atoms with Crippen molar-refractivity contribution in [3.05, 3.63) is 35.6 Å². The SMILES string of the molecule is CC(=O)N1CCC(N(C)Cc2ccc(F)cc2)CC1. The molecule has 0 bridgehead atoms. The highest BCUT2D eigenvalue weighted by molar-refractivity contribution is 5.73. The maximum absolute atomic E-state index is 12.8. The molecule has 19 heavy (non-hydrogen) atoms. The van der Waals surface area contributed by atoms with Gasteiger partial charge in [-0.25, -0.2) is 4.39 Å². The van der Waals surface area contributed by atoms with Gasteiger partial charge in [0.25, 0.3) is 0 Å². The van der Waals surface area contributed by atoms with E-state index in [2.05, 4.69) is 11.9 Å². The van der Waals surface area contributed by atoms with E-state index in [1.54, 1.807) is 6.92 Å². The molecule has 1 aromatic rings. The van der Waals surface area contributed by atoms with Gasteiger partial charge < -0.3 is 4.90 Å².